The van der Waals surface area contributed by atoms with Crippen LogP contribution in [0.2, 0.25) is 5.15 Å². The summed E-state index contributed by atoms with van der Waals surface area (Å²) in [6.45, 7) is 0.648. The molecule has 0 bridgehead atoms. The number of nitrogens with one attached hydrogen (secondary N) is 1. The lowest BCUT2D eigenvalue weighted by atomic mass is 10.1. The predicted octanol–water partition coefficient (Wildman–Crippen LogP) is 2.94. The number of rotatable bonds is 5. The minimum atomic E-state index is -0.487. The van der Waals surface area contributed by atoms with Crippen LogP contribution in [0.3, 0.4) is 0 Å². The van der Waals surface area contributed by atoms with Crippen molar-refractivity contribution < 1.29 is 14.6 Å². The van der Waals surface area contributed by atoms with E-state index in [9.17, 15) is 9.90 Å². The summed E-state index contributed by atoms with van der Waals surface area (Å²) in [5, 5.41) is 13.0. The Kier molecular flexibility index (Phi) is 4.81. The van der Waals surface area contributed by atoms with Crippen LogP contribution in [-0.4, -0.2) is 29.7 Å². The van der Waals surface area contributed by atoms with Crippen LogP contribution in [0.25, 0.3) is 0 Å². The zero-order valence-corrected chi connectivity index (χ0v) is 12.3. The largest absolute Gasteiger partial charge is 0.508 e. The van der Waals surface area contributed by atoms with Crippen molar-refractivity contribution in [2.75, 3.05) is 19.0 Å². The van der Waals surface area contributed by atoms with Crippen molar-refractivity contribution in [1.82, 2.24) is 4.98 Å². The molecule has 2 N–H and O–H groups in total. The highest BCUT2D eigenvalue weighted by molar-refractivity contribution is 7.18. The standard InChI is InChI=1S/C13H13ClN2O3S/c1-19-12(18)10-11(14)16-13(20-10)15-7-6-8-2-4-9(17)5-3-8/h2-5,17H,6-7H2,1H3,(H,15,16). The number of aromatic hydroxyl groups is 1. The molecule has 0 amide bonds. The number of phenols is 1. The molecular weight excluding hydrogens is 300 g/mol. The molecule has 7 heteroatoms. The average Bonchev–Trinajstić information content (AvgIpc) is 2.81. The molecule has 1 heterocycles. The highest BCUT2D eigenvalue weighted by atomic mass is 35.5. The van der Waals surface area contributed by atoms with E-state index in [1.165, 1.54) is 7.11 Å². The first-order valence-electron chi connectivity index (χ1n) is 5.86. The smallest absolute Gasteiger partial charge is 0.351 e. The lowest BCUT2D eigenvalue weighted by Gasteiger charge is -2.03. The summed E-state index contributed by atoms with van der Waals surface area (Å²) in [6, 6.07) is 6.99. The molecule has 0 aliphatic carbocycles. The predicted molar refractivity (Wildman–Crippen MR) is 78.8 cm³/mol. The number of methoxy groups -OCH3 is 1. The van der Waals surface area contributed by atoms with Crippen LogP contribution >= 0.6 is 22.9 Å². The lowest BCUT2D eigenvalue weighted by Crippen LogP contribution is -2.04. The van der Waals surface area contributed by atoms with Crippen LogP contribution in [0.1, 0.15) is 15.2 Å². The number of phenolic OH excluding ortho intramolecular Hbond substituents is 1. The Bertz CT molecular complexity index is 598. The fourth-order valence-corrected chi connectivity index (χ4v) is 2.70. The van der Waals surface area contributed by atoms with Gasteiger partial charge in [0.25, 0.3) is 0 Å². The molecular formula is C13H13ClN2O3S. The second-order valence-corrected chi connectivity index (χ2v) is 5.33. The second-order valence-electron chi connectivity index (χ2n) is 3.97. The first kappa shape index (κ1) is 14.6. The van der Waals surface area contributed by atoms with Gasteiger partial charge in [-0.05, 0) is 24.1 Å². The van der Waals surface area contributed by atoms with Gasteiger partial charge in [0.05, 0.1) is 7.11 Å². The quantitative estimate of drug-likeness (QED) is 0.831. The van der Waals surface area contributed by atoms with Crippen LogP contribution in [0.5, 0.6) is 5.75 Å². The van der Waals surface area contributed by atoms with Gasteiger partial charge in [-0.25, -0.2) is 9.78 Å². The number of carbonyl (C=O) groups is 1. The summed E-state index contributed by atoms with van der Waals surface area (Å²) in [5.74, 6) is -0.241. The van der Waals surface area contributed by atoms with E-state index in [1.54, 1.807) is 12.1 Å². The molecule has 0 saturated heterocycles. The summed E-state index contributed by atoms with van der Waals surface area (Å²) in [7, 11) is 1.30. The van der Waals surface area contributed by atoms with Gasteiger partial charge in [-0.1, -0.05) is 35.1 Å². The molecule has 0 spiro atoms. The van der Waals surface area contributed by atoms with Gasteiger partial charge >= 0.3 is 5.97 Å². The van der Waals surface area contributed by atoms with Gasteiger partial charge in [0.15, 0.2) is 15.2 Å². The van der Waals surface area contributed by atoms with Gasteiger partial charge in [0, 0.05) is 6.54 Å². The van der Waals surface area contributed by atoms with E-state index in [0.29, 0.717) is 16.6 Å². The van der Waals surface area contributed by atoms with Crippen LogP contribution < -0.4 is 5.32 Å². The third kappa shape index (κ3) is 3.61. The van der Waals surface area contributed by atoms with Crippen molar-refractivity contribution >= 4 is 34.0 Å². The van der Waals surface area contributed by atoms with Crippen LogP contribution in [-0.2, 0) is 11.2 Å². The number of nitrogens with zero attached hydrogens (tertiary/aromatic N) is 1. The van der Waals surface area contributed by atoms with Gasteiger partial charge in [0.1, 0.15) is 5.75 Å². The molecule has 2 aromatic rings. The lowest BCUT2D eigenvalue weighted by molar-refractivity contribution is 0.0606. The molecule has 0 saturated carbocycles. The molecule has 20 heavy (non-hydrogen) atoms. The number of ether oxygens (including phenoxy) is 1. The molecule has 106 valence electrons. The van der Waals surface area contributed by atoms with Gasteiger partial charge in [-0.15, -0.1) is 0 Å². The number of carbonyl (C=O) groups excluding carboxylic acids is 1. The van der Waals surface area contributed by atoms with E-state index >= 15 is 0 Å². The van der Waals surface area contributed by atoms with Crippen molar-refractivity contribution in [2.45, 2.75) is 6.42 Å². The Morgan fingerprint density at radius 1 is 1.45 bits per heavy atom. The normalized spacial score (nSPS) is 10.3. The Balaban J connectivity index is 1.91. The number of hydrogen-bond donors (Lipinski definition) is 2. The zero-order chi connectivity index (χ0) is 14.5. The molecule has 1 aromatic carbocycles. The van der Waals surface area contributed by atoms with Crippen LogP contribution in [0, 0.1) is 0 Å². The Hall–Kier alpha value is -1.79. The van der Waals surface area contributed by atoms with Gasteiger partial charge in [-0.3, -0.25) is 0 Å². The average molecular weight is 313 g/mol. The molecule has 0 atom stereocenters. The Morgan fingerprint density at radius 3 is 2.80 bits per heavy atom. The highest BCUT2D eigenvalue weighted by Crippen LogP contribution is 2.27. The van der Waals surface area contributed by atoms with E-state index in [2.05, 4.69) is 15.0 Å². The van der Waals surface area contributed by atoms with E-state index in [-0.39, 0.29) is 10.9 Å². The van der Waals surface area contributed by atoms with Gasteiger partial charge < -0.3 is 15.2 Å². The molecule has 0 unspecified atom stereocenters. The summed E-state index contributed by atoms with van der Waals surface area (Å²) < 4.78 is 4.61. The number of anilines is 1. The number of aromatic nitrogens is 1. The topological polar surface area (TPSA) is 71.5 Å². The van der Waals surface area contributed by atoms with Crippen molar-refractivity contribution in [1.29, 1.82) is 0 Å². The monoisotopic (exact) mass is 312 g/mol. The molecule has 0 aliphatic heterocycles. The minimum Gasteiger partial charge on any atom is -0.508 e. The van der Waals surface area contributed by atoms with Gasteiger partial charge in [-0.2, -0.15) is 0 Å². The highest BCUT2D eigenvalue weighted by Gasteiger charge is 2.16. The zero-order valence-electron chi connectivity index (χ0n) is 10.7. The molecule has 0 radical (unpaired) electrons. The first-order valence-corrected chi connectivity index (χ1v) is 7.06. The molecule has 2 rings (SSSR count). The van der Waals surface area contributed by atoms with Crippen molar-refractivity contribution in [3.8, 4) is 5.75 Å². The van der Waals surface area contributed by atoms with Crippen molar-refractivity contribution in [3.05, 3.63) is 39.9 Å². The number of thiazole rings is 1. The van der Waals surface area contributed by atoms with E-state index in [4.69, 9.17) is 11.6 Å². The number of esters is 1. The number of hydrogen-bond acceptors (Lipinski definition) is 6. The fourth-order valence-electron chi connectivity index (χ4n) is 1.57. The Labute approximate surface area is 125 Å². The van der Waals surface area contributed by atoms with E-state index in [0.717, 1.165) is 23.3 Å². The van der Waals surface area contributed by atoms with E-state index in [1.807, 2.05) is 12.1 Å². The number of halogens is 1. The maximum Gasteiger partial charge on any atom is 0.351 e. The van der Waals surface area contributed by atoms with Gasteiger partial charge in [0.2, 0.25) is 0 Å². The second kappa shape index (κ2) is 6.58. The van der Waals surface area contributed by atoms with Crippen molar-refractivity contribution in [3.63, 3.8) is 0 Å². The summed E-state index contributed by atoms with van der Waals surface area (Å²) in [4.78, 5) is 15.7. The van der Waals surface area contributed by atoms with Crippen molar-refractivity contribution in [2.24, 2.45) is 0 Å². The first-order chi connectivity index (χ1) is 9.60. The number of benzene rings is 1. The molecule has 1 aromatic heterocycles. The SMILES string of the molecule is COC(=O)c1sc(NCCc2ccc(O)cc2)nc1Cl. The third-order valence-electron chi connectivity index (χ3n) is 2.58. The molecule has 0 fully saturated rings. The summed E-state index contributed by atoms with van der Waals surface area (Å²) in [5.41, 5.74) is 1.09. The van der Waals surface area contributed by atoms with Crippen LogP contribution in [0.15, 0.2) is 24.3 Å². The summed E-state index contributed by atoms with van der Waals surface area (Å²) >= 11 is 7.02. The molecule has 5 nitrogen and oxygen atoms in total. The maximum atomic E-state index is 11.4. The maximum absolute atomic E-state index is 11.4. The summed E-state index contributed by atoms with van der Waals surface area (Å²) in [6.07, 6.45) is 0.769. The van der Waals surface area contributed by atoms with E-state index < -0.39 is 5.97 Å². The minimum absolute atomic E-state index is 0.147. The molecule has 0 aliphatic rings. The van der Waals surface area contributed by atoms with Crippen LogP contribution in [0.4, 0.5) is 5.13 Å². The fraction of sp³-hybridized carbons (Fsp3) is 0.231. The Morgan fingerprint density at radius 2 is 2.15 bits per heavy atom. The third-order valence-corrected chi connectivity index (χ3v) is 3.96.